The lowest BCUT2D eigenvalue weighted by atomic mass is 10.3. The third kappa shape index (κ3) is 3.28. The number of carbonyl (C=O) groups is 2. The zero-order valence-electron chi connectivity index (χ0n) is 12.4. The number of primary amides is 1. The molecule has 1 aromatic heterocycles. The van der Waals surface area contributed by atoms with Gasteiger partial charge >= 0.3 is 0 Å². The average molecular weight is 341 g/mol. The number of hydrogen-bond acceptors (Lipinski definition) is 3. The lowest BCUT2D eigenvalue weighted by Gasteiger charge is -2.04. The van der Waals surface area contributed by atoms with E-state index >= 15 is 0 Å². The molecule has 0 aliphatic rings. The summed E-state index contributed by atoms with van der Waals surface area (Å²) in [6.07, 6.45) is 0. The summed E-state index contributed by atoms with van der Waals surface area (Å²) in [5, 5.41) is 7.45. The molecule has 0 aliphatic carbocycles. The van der Waals surface area contributed by atoms with Crippen molar-refractivity contribution in [3.63, 3.8) is 0 Å². The van der Waals surface area contributed by atoms with Crippen LogP contribution in [-0.2, 0) is 0 Å². The van der Waals surface area contributed by atoms with E-state index in [0.717, 1.165) is 0 Å². The lowest BCUT2D eigenvalue weighted by Crippen LogP contribution is -2.16. The van der Waals surface area contributed by atoms with Crippen LogP contribution in [0.2, 0.25) is 5.02 Å². The van der Waals surface area contributed by atoms with E-state index in [1.165, 1.54) is 10.7 Å². The van der Waals surface area contributed by atoms with Crippen LogP contribution in [0.1, 0.15) is 21.0 Å². The van der Waals surface area contributed by atoms with E-state index in [1.54, 1.807) is 48.5 Å². The molecule has 0 saturated heterocycles. The van der Waals surface area contributed by atoms with Crippen molar-refractivity contribution in [2.75, 3.05) is 5.32 Å². The molecule has 7 heteroatoms. The predicted molar refractivity (Wildman–Crippen MR) is 91.5 cm³/mol. The van der Waals surface area contributed by atoms with Gasteiger partial charge in [-0.3, -0.25) is 9.59 Å². The molecule has 0 saturated carbocycles. The molecular formula is C17H13ClN4O2. The topological polar surface area (TPSA) is 90.0 Å². The minimum atomic E-state index is -0.670. The molecule has 0 bridgehead atoms. The number of nitrogens with zero attached hydrogens (tertiary/aromatic N) is 2. The van der Waals surface area contributed by atoms with Crippen molar-refractivity contribution in [3.05, 3.63) is 77.1 Å². The summed E-state index contributed by atoms with van der Waals surface area (Å²) in [5.74, 6) is -1.12. The number of hydrogen-bond donors (Lipinski definition) is 2. The van der Waals surface area contributed by atoms with Crippen LogP contribution >= 0.6 is 11.6 Å². The Labute approximate surface area is 142 Å². The first kappa shape index (κ1) is 15.8. The van der Waals surface area contributed by atoms with Gasteiger partial charge in [-0.1, -0.05) is 29.8 Å². The van der Waals surface area contributed by atoms with E-state index in [2.05, 4.69) is 10.4 Å². The number of halogens is 1. The predicted octanol–water partition coefficient (Wildman–Crippen LogP) is 2.88. The number of nitrogens with two attached hydrogens (primary N) is 1. The van der Waals surface area contributed by atoms with Crippen molar-refractivity contribution in [1.82, 2.24) is 9.78 Å². The molecule has 1 heterocycles. The molecule has 2 aromatic carbocycles. The van der Waals surface area contributed by atoms with Crippen LogP contribution in [-0.4, -0.2) is 21.6 Å². The highest BCUT2D eigenvalue weighted by Crippen LogP contribution is 2.16. The standard InChI is InChI=1S/C17H13ClN4O2/c18-11-6-8-12(9-7-11)20-17(24)14-10-15(16(19)23)22(21-14)13-4-2-1-3-5-13/h1-10H,(H2,19,23)(H,20,24). The number of nitrogens with one attached hydrogen (secondary N) is 1. The molecule has 0 spiro atoms. The van der Waals surface area contributed by atoms with Gasteiger partial charge in [0, 0.05) is 16.8 Å². The number of amides is 2. The highest BCUT2D eigenvalue weighted by molar-refractivity contribution is 6.30. The maximum absolute atomic E-state index is 12.3. The first-order valence-corrected chi connectivity index (χ1v) is 7.44. The number of benzene rings is 2. The zero-order chi connectivity index (χ0) is 17.1. The fraction of sp³-hybridized carbons (Fsp3) is 0. The Morgan fingerprint density at radius 1 is 1.04 bits per heavy atom. The highest BCUT2D eigenvalue weighted by Gasteiger charge is 2.18. The number of rotatable bonds is 4. The van der Waals surface area contributed by atoms with Crippen LogP contribution in [0.3, 0.4) is 0 Å². The molecule has 0 atom stereocenters. The van der Waals surface area contributed by atoms with Crippen molar-refractivity contribution in [1.29, 1.82) is 0 Å². The summed E-state index contributed by atoms with van der Waals surface area (Å²) in [4.78, 5) is 24.0. The summed E-state index contributed by atoms with van der Waals surface area (Å²) in [6, 6.07) is 17.0. The summed E-state index contributed by atoms with van der Waals surface area (Å²) in [6.45, 7) is 0. The Morgan fingerprint density at radius 3 is 2.33 bits per heavy atom. The van der Waals surface area contributed by atoms with Gasteiger partial charge in [0.25, 0.3) is 11.8 Å². The van der Waals surface area contributed by atoms with E-state index in [4.69, 9.17) is 17.3 Å². The third-order valence-electron chi connectivity index (χ3n) is 3.30. The monoisotopic (exact) mass is 340 g/mol. The van der Waals surface area contributed by atoms with Gasteiger partial charge in [0.15, 0.2) is 5.69 Å². The maximum atomic E-state index is 12.3. The molecule has 3 N–H and O–H groups in total. The van der Waals surface area contributed by atoms with Gasteiger partial charge in [0.05, 0.1) is 5.69 Å². The van der Waals surface area contributed by atoms with Crippen LogP contribution < -0.4 is 11.1 Å². The van der Waals surface area contributed by atoms with Crippen molar-refractivity contribution < 1.29 is 9.59 Å². The van der Waals surface area contributed by atoms with Crippen LogP contribution in [0.25, 0.3) is 5.69 Å². The fourth-order valence-corrected chi connectivity index (χ4v) is 2.29. The summed E-state index contributed by atoms with van der Waals surface area (Å²) < 4.78 is 1.35. The van der Waals surface area contributed by atoms with E-state index in [1.807, 2.05) is 6.07 Å². The average Bonchev–Trinajstić information content (AvgIpc) is 3.03. The van der Waals surface area contributed by atoms with Crippen molar-refractivity contribution >= 4 is 29.1 Å². The molecule has 120 valence electrons. The molecule has 2 amide bonds. The van der Waals surface area contributed by atoms with Crippen molar-refractivity contribution in [2.24, 2.45) is 5.73 Å². The molecule has 0 fully saturated rings. The molecule has 3 rings (SSSR count). The number of aromatic nitrogens is 2. The Kier molecular flexibility index (Phi) is 4.31. The van der Waals surface area contributed by atoms with Gasteiger partial charge in [0.1, 0.15) is 5.69 Å². The lowest BCUT2D eigenvalue weighted by molar-refractivity contribution is 0.0991. The van der Waals surface area contributed by atoms with Crippen molar-refractivity contribution in [2.45, 2.75) is 0 Å². The Bertz CT molecular complexity index is 889. The van der Waals surface area contributed by atoms with Crippen LogP contribution in [0.15, 0.2) is 60.7 Å². The van der Waals surface area contributed by atoms with Gasteiger partial charge in [-0.05, 0) is 36.4 Å². The van der Waals surface area contributed by atoms with Crippen LogP contribution in [0, 0.1) is 0 Å². The first-order valence-electron chi connectivity index (χ1n) is 7.07. The van der Waals surface area contributed by atoms with Gasteiger partial charge in [-0.25, -0.2) is 4.68 Å². The van der Waals surface area contributed by atoms with Crippen LogP contribution in [0.4, 0.5) is 5.69 Å². The summed E-state index contributed by atoms with van der Waals surface area (Å²) in [7, 11) is 0. The number of para-hydroxylation sites is 1. The summed E-state index contributed by atoms with van der Waals surface area (Å²) >= 11 is 5.81. The normalized spacial score (nSPS) is 10.4. The molecular weight excluding hydrogens is 328 g/mol. The fourth-order valence-electron chi connectivity index (χ4n) is 2.16. The second-order valence-electron chi connectivity index (χ2n) is 4.99. The Hall–Kier alpha value is -3.12. The number of carbonyl (C=O) groups excluding carboxylic acids is 2. The minimum Gasteiger partial charge on any atom is -0.364 e. The quantitative estimate of drug-likeness (QED) is 0.765. The van der Waals surface area contributed by atoms with Gasteiger partial charge in [-0.2, -0.15) is 5.10 Å². The molecule has 0 unspecified atom stereocenters. The largest absolute Gasteiger partial charge is 0.364 e. The van der Waals surface area contributed by atoms with E-state index < -0.39 is 11.8 Å². The molecule has 3 aromatic rings. The van der Waals surface area contributed by atoms with Crippen LogP contribution in [0.5, 0.6) is 0 Å². The van der Waals surface area contributed by atoms with E-state index in [9.17, 15) is 9.59 Å². The second kappa shape index (κ2) is 6.55. The number of anilines is 1. The smallest absolute Gasteiger partial charge is 0.276 e. The highest BCUT2D eigenvalue weighted by atomic mass is 35.5. The van der Waals surface area contributed by atoms with Gasteiger partial charge in [0.2, 0.25) is 0 Å². The molecule has 6 nitrogen and oxygen atoms in total. The van der Waals surface area contributed by atoms with Crippen molar-refractivity contribution in [3.8, 4) is 5.69 Å². The second-order valence-corrected chi connectivity index (χ2v) is 5.42. The van der Waals surface area contributed by atoms with Gasteiger partial charge in [-0.15, -0.1) is 0 Å². The summed E-state index contributed by atoms with van der Waals surface area (Å²) in [5.41, 5.74) is 6.81. The Balaban J connectivity index is 1.92. The SMILES string of the molecule is NC(=O)c1cc(C(=O)Nc2ccc(Cl)cc2)nn1-c1ccccc1. The Morgan fingerprint density at radius 2 is 1.71 bits per heavy atom. The van der Waals surface area contributed by atoms with E-state index in [0.29, 0.717) is 16.4 Å². The van der Waals surface area contributed by atoms with E-state index in [-0.39, 0.29) is 11.4 Å². The van der Waals surface area contributed by atoms with Gasteiger partial charge < -0.3 is 11.1 Å². The molecule has 24 heavy (non-hydrogen) atoms. The zero-order valence-corrected chi connectivity index (χ0v) is 13.2. The third-order valence-corrected chi connectivity index (χ3v) is 3.55. The molecule has 0 radical (unpaired) electrons. The minimum absolute atomic E-state index is 0.0857. The first-order chi connectivity index (χ1) is 11.5. The maximum Gasteiger partial charge on any atom is 0.276 e. The molecule has 0 aliphatic heterocycles.